The van der Waals surface area contributed by atoms with Crippen LogP contribution in [0.5, 0.6) is 0 Å². The average Bonchev–Trinajstić information content (AvgIpc) is 3.40. The molecule has 1 aliphatic carbocycles. The van der Waals surface area contributed by atoms with Gasteiger partial charge in [0.1, 0.15) is 11.5 Å². The minimum Gasteiger partial charge on any atom is -0.327 e. The maximum atomic E-state index is 13.6. The fourth-order valence-electron chi connectivity index (χ4n) is 4.17. The Hall–Kier alpha value is -2.52. The van der Waals surface area contributed by atoms with Crippen molar-refractivity contribution < 1.29 is 12.8 Å². The molecule has 0 N–H and O–H groups in total. The minimum atomic E-state index is -3.80. The van der Waals surface area contributed by atoms with Crippen LogP contribution in [0.4, 0.5) is 4.39 Å². The van der Waals surface area contributed by atoms with Gasteiger partial charge in [0.2, 0.25) is 10.0 Å². The molecule has 1 fully saturated rings. The fraction of sp³-hybridized carbons (Fsp3) is 0.429. The van der Waals surface area contributed by atoms with E-state index in [1.54, 1.807) is 0 Å². The van der Waals surface area contributed by atoms with Crippen LogP contribution in [-0.4, -0.2) is 38.6 Å². The van der Waals surface area contributed by atoms with Crippen LogP contribution in [0.15, 0.2) is 35.4 Å². The Bertz CT molecular complexity index is 1230. The van der Waals surface area contributed by atoms with Gasteiger partial charge in [0.05, 0.1) is 4.90 Å². The number of imidazole rings is 1. The molecule has 0 spiro atoms. The normalized spacial score (nSPS) is 17.3. The Morgan fingerprint density at radius 2 is 2.07 bits per heavy atom. The van der Waals surface area contributed by atoms with Crippen molar-refractivity contribution in [3.05, 3.63) is 53.2 Å². The molecular formula is C21H24FN5O2S. The lowest BCUT2D eigenvalue weighted by Crippen LogP contribution is -2.36. The number of aromatic nitrogens is 4. The summed E-state index contributed by atoms with van der Waals surface area (Å²) in [5.41, 5.74) is 3.72. The van der Waals surface area contributed by atoms with Crippen LogP contribution < -0.4 is 0 Å². The van der Waals surface area contributed by atoms with Crippen LogP contribution in [0.3, 0.4) is 0 Å². The standard InChI is InChI=1S/C21H24FN5O2S/c1-14-11-23-21(27(14)12-15-6-7-15)20-18-13-26(9-8-19(18)25(2)24-20)30(28,29)17-5-3-4-16(22)10-17/h3-5,10-11,15H,6-9,12-13H2,1-2H3. The quantitative estimate of drug-likeness (QED) is 0.625. The first-order valence-corrected chi connectivity index (χ1v) is 11.6. The Morgan fingerprint density at radius 1 is 1.27 bits per heavy atom. The van der Waals surface area contributed by atoms with Crippen molar-refractivity contribution >= 4 is 10.0 Å². The third-order valence-corrected chi connectivity index (χ3v) is 7.89. The van der Waals surface area contributed by atoms with Crippen LogP contribution in [0, 0.1) is 18.7 Å². The fourth-order valence-corrected chi connectivity index (χ4v) is 5.61. The summed E-state index contributed by atoms with van der Waals surface area (Å²) in [5, 5.41) is 4.72. The molecule has 1 saturated carbocycles. The number of nitrogens with zero attached hydrogens (tertiary/aromatic N) is 5. The summed E-state index contributed by atoms with van der Waals surface area (Å²) in [5.74, 6) is 0.913. The smallest absolute Gasteiger partial charge is 0.243 e. The second-order valence-corrected chi connectivity index (χ2v) is 10.2. The van der Waals surface area contributed by atoms with Crippen molar-refractivity contribution in [2.75, 3.05) is 6.54 Å². The zero-order valence-corrected chi connectivity index (χ0v) is 17.9. The Kier molecular flexibility index (Phi) is 4.55. The molecule has 1 aromatic carbocycles. The number of fused-ring (bicyclic) bond motifs is 1. The van der Waals surface area contributed by atoms with Crippen molar-refractivity contribution in [2.24, 2.45) is 13.0 Å². The highest BCUT2D eigenvalue weighted by atomic mass is 32.2. The third-order valence-electron chi connectivity index (χ3n) is 6.05. The number of benzene rings is 1. The molecule has 2 aliphatic rings. The Balaban J connectivity index is 1.53. The second-order valence-electron chi connectivity index (χ2n) is 8.22. The summed E-state index contributed by atoms with van der Waals surface area (Å²) >= 11 is 0. The SMILES string of the molecule is Cc1cnc(-c2nn(C)c3c2CN(S(=O)(=O)c2cccc(F)c2)CC3)n1CC1CC1. The number of halogens is 1. The molecule has 7 nitrogen and oxygen atoms in total. The summed E-state index contributed by atoms with van der Waals surface area (Å²) in [6, 6.07) is 5.17. The number of hydrogen-bond acceptors (Lipinski definition) is 4. The van der Waals surface area contributed by atoms with Gasteiger partial charge >= 0.3 is 0 Å². The van der Waals surface area contributed by atoms with Gasteiger partial charge in [-0.05, 0) is 43.9 Å². The predicted molar refractivity (Wildman–Crippen MR) is 110 cm³/mol. The van der Waals surface area contributed by atoms with Gasteiger partial charge in [-0.15, -0.1) is 0 Å². The lowest BCUT2D eigenvalue weighted by Gasteiger charge is -2.27. The van der Waals surface area contributed by atoms with Gasteiger partial charge < -0.3 is 4.57 Å². The Morgan fingerprint density at radius 3 is 2.80 bits per heavy atom. The number of hydrogen-bond donors (Lipinski definition) is 0. The molecule has 0 radical (unpaired) electrons. The van der Waals surface area contributed by atoms with E-state index in [4.69, 9.17) is 5.10 Å². The van der Waals surface area contributed by atoms with Crippen LogP contribution >= 0.6 is 0 Å². The molecule has 0 saturated heterocycles. The van der Waals surface area contributed by atoms with E-state index in [9.17, 15) is 12.8 Å². The first-order valence-electron chi connectivity index (χ1n) is 10.2. The number of aryl methyl sites for hydroxylation is 2. The van der Waals surface area contributed by atoms with Crippen molar-refractivity contribution in [3.8, 4) is 11.5 Å². The van der Waals surface area contributed by atoms with E-state index < -0.39 is 15.8 Å². The van der Waals surface area contributed by atoms with Gasteiger partial charge in [-0.1, -0.05) is 6.07 Å². The summed E-state index contributed by atoms with van der Waals surface area (Å²) in [6.45, 7) is 3.49. The molecule has 3 aromatic rings. The van der Waals surface area contributed by atoms with E-state index in [2.05, 4.69) is 9.55 Å². The molecule has 0 amide bonds. The highest BCUT2D eigenvalue weighted by molar-refractivity contribution is 7.89. The van der Waals surface area contributed by atoms with Crippen LogP contribution in [0.25, 0.3) is 11.5 Å². The number of sulfonamides is 1. The Labute approximate surface area is 175 Å². The number of rotatable bonds is 5. The predicted octanol–water partition coefficient (Wildman–Crippen LogP) is 2.89. The molecule has 2 aromatic heterocycles. The van der Waals surface area contributed by atoms with Gasteiger partial charge in [0, 0.05) is 56.3 Å². The van der Waals surface area contributed by atoms with E-state index in [0.29, 0.717) is 18.9 Å². The highest BCUT2D eigenvalue weighted by Gasteiger charge is 2.34. The molecule has 9 heteroatoms. The van der Waals surface area contributed by atoms with Gasteiger partial charge in [0.15, 0.2) is 5.82 Å². The van der Waals surface area contributed by atoms with E-state index >= 15 is 0 Å². The van der Waals surface area contributed by atoms with Gasteiger partial charge in [-0.2, -0.15) is 9.40 Å². The van der Waals surface area contributed by atoms with Crippen molar-refractivity contribution in [3.63, 3.8) is 0 Å². The molecule has 3 heterocycles. The molecule has 158 valence electrons. The van der Waals surface area contributed by atoms with Crippen molar-refractivity contribution in [2.45, 2.75) is 44.2 Å². The molecule has 0 unspecified atom stereocenters. The molecule has 1 aliphatic heterocycles. The first kappa shape index (κ1) is 19.4. The lowest BCUT2D eigenvalue weighted by atomic mass is 10.1. The topological polar surface area (TPSA) is 73.0 Å². The summed E-state index contributed by atoms with van der Waals surface area (Å²) < 4.78 is 45.4. The first-order chi connectivity index (χ1) is 14.3. The zero-order valence-electron chi connectivity index (χ0n) is 17.0. The molecule has 0 atom stereocenters. The van der Waals surface area contributed by atoms with E-state index in [1.165, 1.54) is 35.3 Å². The van der Waals surface area contributed by atoms with E-state index in [-0.39, 0.29) is 11.4 Å². The minimum absolute atomic E-state index is 0.0255. The highest BCUT2D eigenvalue weighted by Crippen LogP contribution is 2.35. The second kappa shape index (κ2) is 7.02. The van der Waals surface area contributed by atoms with Crippen molar-refractivity contribution in [1.82, 2.24) is 23.6 Å². The maximum absolute atomic E-state index is 13.6. The maximum Gasteiger partial charge on any atom is 0.243 e. The summed E-state index contributed by atoms with van der Waals surface area (Å²) in [7, 11) is -1.91. The summed E-state index contributed by atoms with van der Waals surface area (Å²) in [6.07, 6.45) is 4.87. The monoisotopic (exact) mass is 429 g/mol. The molecular weight excluding hydrogens is 405 g/mol. The van der Waals surface area contributed by atoms with E-state index in [0.717, 1.165) is 41.1 Å². The largest absolute Gasteiger partial charge is 0.327 e. The average molecular weight is 430 g/mol. The third kappa shape index (κ3) is 3.26. The van der Waals surface area contributed by atoms with Gasteiger partial charge in [-0.25, -0.2) is 17.8 Å². The van der Waals surface area contributed by atoms with E-state index in [1.807, 2.05) is 24.9 Å². The summed E-state index contributed by atoms with van der Waals surface area (Å²) in [4.78, 5) is 4.59. The molecule has 0 bridgehead atoms. The van der Waals surface area contributed by atoms with Crippen molar-refractivity contribution in [1.29, 1.82) is 0 Å². The van der Waals surface area contributed by atoms with Gasteiger partial charge in [-0.3, -0.25) is 4.68 Å². The lowest BCUT2D eigenvalue weighted by molar-refractivity contribution is 0.386. The van der Waals surface area contributed by atoms with Crippen LogP contribution in [0.1, 0.15) is 29.8 Å². The van der Waals surface area contributed by atoms with Crippen LogP contribution in [0.2, 0.25) is 0 Å². The molecule has 5 rings (SSSR count). The van der Waals surface area contributed by atoms with Crippen LogP contribution in [-0.2, 0) is 36.6 Å². The zero-order chi connectivity index (χ0) is 21.0. The molecule has 30 heavy (non-hydrogen) atoms. The van der Waals surface area contributed by atoms with Gasteiger partial charge in [0.25, 0.3) is 0 Å².